The molecule has 3 heteroatoms. The quantitative estimate of drug-likeness (QED) is 0.795. The fourth-order valence-electron chi connectivity index (χ4n) is 2.28. The molecule has 0 bridgehead atoms. The van der Waals surface area contributed by atoms with Crippen LogP contribution in [0.15, 0.2) is 0 Å². The predicted molar refractivity (Wildman–Crippen MR) is 67.2 cm³/mol. The molecule has 1 aliphatic rings. The number of hydrogen-bond donors (Lipinski definition) is 1. The van der Waals surface area contributed by atoms with Crippen molar-refractivity contribution in [1.82, 2.24) is 10.2 Å². The highest BCUT2D eigenvalue weighted by molar-refractivity contribution is 5.79. The highest BCUT2D eigenvalue weighted by atomic mass is 16.2. The Balaban J connectivity index is 2.55. The molecule has 16 heavy (non-hydrogen) atoms. The molecule has 94 valence electrons. The molecule has 0 aromatic rings. The summed E-state index contributed by atoms with van der Waals surface area (Å²) in [6.07, 6.45) is 1.03. The Labute approximate surface area is 99.6 Å². The first-order chi connectivity index (χ1) is 7.43. The van der Waals surface area contributed by atoms with Crippen molar-refractivity contribution in [2.24, 2.45) is 17.8 Å². The SMILES string of the molecule is CC1CNCC(C(=O)N(C)C(C)C(C)C)C1. The Kier molecular flexibility index (Phi) is 4.78. The molecule has 0 aromatic heterocycles. The van der Waals surface area contributed by atoms with Crippen molar-refractivity contribution in [2.75, 3.05) is 20.1 Å². The van der Waals surface area contributed by atoms with Gasteiger partial charge in [-0.1, -0.05) is 20.8 Å². The molecule has 1 aliphatic heterocycles. The number of carbonyl (C=O) groups is 1. The summed E-state index contributed by atoms with van der Waals surface area (Å²) in [4.78, 5) is 14.2. The third-order valence-corrected chi connectivity index (χ3v) is 3.84. The largest absolute Gasteiger partial charge is 0.343 e. The van der Waals surface area contributed by atoms with E-state index in [1.165, 1.54) is 0 Å². The van der Waals surface area contributed by atoms with Crippen LogP contribution in [0.4, 0.5) is 0 Å². The monoisotopic (exact) mass is 226 g/mol. The number of rotatable bonds is 3. The van der Waals surface area contributed by atoms with E-state index in [4.69, 9.17) is 0 Å². The van der Waals surface area contributed by atoms with Crippen LogP contribution in [0.3, 0.4) is 0 Å². The van der Waals surface area contributed by atoms with Gasteiger partial charge in [-0.2, -0.15) is 0 Å². The Morgan fingerprint density at radius 1 is 1.31 bits per heavy atom. The average molecular weight is 226 g/mol. The molecule has 0 radical (unpaired) electrons. The Bertz CT molecular complexity index is 236. The van der Waals surface area contributed by atoms with E-state index < -0.39 is 0 Å². The summed E-state index contributed by atoms with van der Waals surface area (Å²) in [7, 11) is 1.94. The minimum Gasteiger partial charge on any atom is -0.343 e. The van der Waals surface area contributed by atoms with E-state index in [1.807, 2.05) is 11.9 Å². The first-order valence-electron chi connectivity index (χ1n) is 6.40. The van der Waals surface area contributed by atoms with Crippen LogP contribution < -0.4 is 5.32 Å². The molecule has 3 atom stereocenters. The lowest BCUT2D eigenvalue weighted by Gasteiger charge is -2.34. The van der Waals surface area contributed by atoms with E-state index >= 15 is 0 Å². The van der Waals surface area contributed by atoms with Gasteiger partial charge >= 0.3 is 0 Å². The van der Waals surface area contributed by atoms with Crippen LogP contribution in [0.2, 0.25) is 0 Å². The summed E-state index contributed by atoms with van der Waals surface area (Å²) in [6.45, 7) is 10.6. The van der Waals surface area contributed by atoms with Crippen molar-refractivity contribution in [3.05, 3.63) is 0 Å². The molecule has 1 heterocycles. The van der Waals surface area contributed by atoms with E-state index in [-0.39, 0.29) is 5.92 Å². The normalized spacial score (nSPS) is 27.9. The topological polar surface area (TPSA) is 32.3 Å². The molecule has 3 unspecified atom stereocenters. The fraction of sp³-hybridized carbons (Fsp3) is 0.923. The molecule has 0 aliphatic carbocycles. The second kappa shape index (κ2) is 5.67. The van der Waals surface area contributed by atoms with E-state index in [0.29, 0.717) is 23.8 Å². The zero-order chi connectivity index (χ0) is 12.3. The number of carbonyl (C=O) groups excluding carboxylic acids is 1. The zero-order valence-corrected chi connectivity index (χ0v) is 11.3. The molecule has 3 nitrogen and oxygen atoms in total. The molecule has 0 spiro atoms. The summed E-state index contributed by atoms with van der Waals surface area (Å²) >= 11 is 0. The molecule has 1 saturated heterocycles. The maximum atomic E-state index is 12.3. The van der Waals surface area contributed by atoms with Gasteiger partial charge in [0.25, 0.3) is 0 Å². The minimum absolute atomic E-state index is 0.176. The zero-order valence-electron chi connectivity index (χ0n) is 11.3. The van der Waals surface area contributed by atoms with Crippen molar-refractivity contribution in [1.29, 1.82) is 0 Å². The van der Waals surface area contributed by atoms with Crippen molar-refractivity contribution in [3.8, 4) is 0 Å². The number of piperidine rings is 1. The van der Waals surface area contributed by atoms with Crippen LogP contribution in [0.25, 0.3) is 0 Å². The summed E-state index contributed by atoms with van der Waals surface area (Å²) < 4.78 is 0. The Morgan fingerprint density at radius 3 is 2.44 bits per heavy atom. The molecule has 1 rings (SSSR count). The van der Waals surface area contributed by atoms with E-state index in [0.717, 1.165) is 19.5 Å². The molecule has 1 amide bonds. The van der Waals surface area contributed by atoms with Crippen LogP contribution >= 0.6 is 0 Å². The van der Waals surface area contributed by atoms with Gasteiger partial charge in [0, 0.05) is 19.6 Å². The smallest absolute Gasteiger partial charge is 0.226 e. The van der Waals surface area contributed by atoms with Gasteiger partial charge in [0.15, 0.2) is 0 Å². The summed E-state index contributed by atoms with van der Waals surface area (Å²) in [5.74, 6) is 1.61. The lowest BCUT2D eigenvalue weighted by atomic mass is 9.90. The third kappa shape index (κ3) is 3.21. The fourth-order valence-corrected chi connectivity index (χ4v) is 2.28. The highest BCUT2D eigenvalue weighted by Gasteiger charge is 2.29. The molecular weight excluding hydrogens is 200 g/mol. The summed E-state index contributed by atoms with van der Waals surface area (Å²) in [5, 5.41) is 3.34. The molecule has 0 saturated carbocycles. The summed E-state index contributed by atoms with van der Waals surface area (Å²) in [5.41, 5.74) is 0. The second-order valence-electron chi connectivity index (χ2n) is 5.63. The van der Waals surface area contributed by atoms with Crippen LogP contribution in [0.1, 0.15) is 34.1 Å². The van der Waals surface area contributed by atoms with Gasteiger partial charge in [-0.05, 0) is 31.7 Å². The first-order valence-corrected chi connectivity index (χ1v) is 6.40. The number of nitrogens with one attached hydrogen (secondary N) is 1. The molecular formula is C13H26N2O. The Hall–Kier alpha value is -0.570. The number of amides is 1. The molecule has 0 aromatic carbocycles. The van der Waals surface area contributed by atoms with Crippen molar-refractivity contribution in [3.63, 3.8) is 0 Å². The maximum absolute atomic E-state index is 12.3. The van der Waals surface area contributed by atoms with Crippen LogP contribution in [-0.2, 0) is 4.79 Å². The molecule has 1 fully saturated rings. The van der Waals surface area contributed by atoms with Gasteiger partial charge in [0.1, 0.15) is 0 Å². The van der Waals surface area contributed by atoms with E-state index in [9.17, 15) is 4.79 Å². The van der Waals surface area contributed by atoms with Crippen molar-refractivity contribution >= 4 is 5.91 Å². The van der Waals surface area contributed by atoms with E-state index in [1.54, 1.807) is 0 Å². The highest BCUT2D eigenvalue weighted by Crippen LogP contribution is 2.20. The third-order valence-electron chi connectivity index (χ3n) is 3.84. The van der Waals surface area contributed by atoms with Gasteiger partial charge in [-0.25, -0.2) is 0 Å². The van der Waals surface area contributed by atoms with Crippen LogP contribution in [0.5, 0.6) is 0 Å². The number of nitrogens with zero attached hydrogens (tertiary/aromatic N) is 1. The first kappa shape index (κ1) is 13.5. The lowest BCUT2D eigenvalue weighted by molar-refractivity contribution is -0.137. The minimum atomic E-state index is 0.176. The standard InChI is InChI=1S/C13H26N2O/c1-9(2)11(4)15(5)13(16)12-6-10(3)7-14-8-12/h9-12,14H,6-8H2,1-5H3. The molecule has 1 N–H and O–H groups in total. The van der Waals surface area contributed by atoms with Crippen LogP contribution in [-0.4, -0.2) is 37.0 Å². The number of hydrogen-bond acceptors (Lipinski definition) is 2. The second-order valence-corrected chi connectivity index (χ2v) is 5.63. The van der Waals surface area contributed by atoms with Crippen molar-refractivity contribution in [2.45, 2.75) is 40.2 Å². The van der Waals surface area contributed by atoms with Crippen molar-refractivity contribution < 1.29 is 4.79 Å². The lowest BCUT2D eigenvalue weighted by Crippen LogP contribution is -2.47. The van der Waals surface area contributed by atoms with Gasteiger partial charge in [-0.3, -0.25) is 4.79 Å². The Morgan fingerprint density at radius 2 is 1.94 bits per heavy atom. The summed E-state index contributed by atoms with van der Waals surface area (Å²) in [6, 6.07) is 0.324. The predicted octanol–water partition coefficient (Wildman–Crippen LogP) is 1.73. The average Bonchev–Trinajstić information content (AvgIpc) is 2.26. The van der Waals surface area contributed by atoms with Gasteiger partial charge in [-0.15, -0.1) is 0 Å². The maximum Gasteiger partial charge on any atom is 0.226 e. The van der Waals surface area contributed by atoms with Crippen LogP contribution in [0, 0.1) is 17.8 Å². The van der Waals surface area contributed by atoms with E-state index in [2.05, 4.69) is 33.0 Å². The van der Waals surface area contributed by atoms with Gasteiger partial charge in [0.05, 0.1) is 5.92 Å². The van der Waals surface area contributed by atoms with Gasteiger partial charge in [0.2, 0.25) is 5.91 Å². The van der Waals surface area contributed by atoms with Gasteiger partial charge < -0.3 is 10.2 Å².